The van der Waals surface area contributed by atoms with Gasteiger partial charge in [0.25, 0.3) is 0 Å². The van der Waals surface area contributed by atoms with Gasteiger partial charge in [0, 0.05) is 18.6 Å². The van der Waals surface area contributed by atoms with Gasteiger partial charge < -0.3 is 15.0 Å². The number of methoxy groups -OCH3 is 1. The first-order valence-electron chi connectivity index (χ1n) is 8.05. The molecule has 0 aliphatic carbocycles. The summed E-state index contributed by atoms with van der Waals surface area (Å²) < 4.78 is 5.21. The molecular weight excluding hydrogens is 386 g/mol. The van der Waals surface area contributed by atoms with Crippen LogP contribution in [0.2, 0.25) is 5.02 Å². The van der Waals surface area contributed by atoms with E-state index in [1.807, 2.05) is 42.3 Å². The molecular formula is C18H18ClN5O2S. The molecule has 0 aliphatic heterocycles. The molecule has 0 radical (unpaired) electrons. The number of urea groups is 1. The third-order valence-corrected chi connectivity index (χ3v) is 4.82. The van der Waals surface area contributed by atoms with Gasteiger partial charge in [-0.3, -0.25) is 5.32 Å². The molecule has 0 aliphatic rings. The molecule has 9 heteroatoms. The topological polar surface area (TPSA) is 79.4 Å². The van der Waals surface area contributed by atoms with Crippen LogP contribution in [0.25, 0.3) is 0 Å². The van der Waals surface area contributed by atoms with Crippen molar-refractivity contribution in [3.8, 4) is 5.75 Å². The van der Waals surface area contributed by atoms with Crippen molar-refractivity contribution in [2.75, 3.05) is 29.7 Å². The highest BCUT2D eigenvalue weighted by Crippen LogP contribution is 2.28. The molecule has 0 saturated carbocycles. The predicted octanol–water partition coefficient (Wildman–Crippen LogP) is 4.48. The zero-order chi connectivity index (χ0) is 19.2. The minimum atomic E-state index is -0.455. The Bertz CT molecular complexity index is 919. The fraction of sp³-hybridized carbons (Fsp3) is 0.167. The van der Waals surface area contributed by atoms with Crippen LogP contribution in [0.15, 0.2) is 48.5 Å². The molecule has 1 heterocycles. The normalized spacial score (nSPS) is 10.3. The summed E-state index contributed by atoms with van der Waals surface area (Å²) in [6.07, 6.45) is 0. The van der Waals surface area contributed by atoms with E-state index in [1.54, 1.807) is 18.2 Å². The second-order valence-electron chi connectivity index (χ2n) is 5.66. The quantitative estimate of drug-likeness (QED) is 0.634. The third-order valence-electron chi connectivity index (χ3n) is 3.63. The van der Waals surface area contributed by atoms with E-state index in [0.29, 0.717) is 33.3 Å². The molecule has 0 bridgehead atoms. The van der Waals surface area contributed by atoms with E-state index in [0.717, 1.165) is 5.56 Å². The van der Waals surface area contributed by atoms with E-state index < -0.39 is 6.03 Å². The second-order valence-corrected chi connectivity index (χ2v) is 7.05. The lowest BCUT2D eigenvalue weighted by molar-refractivity contribution is 0.262. The van der Waals surface area contributed by atoms with Crippen molar-refractivity contribution in [3.63, 3.8) is 0 Å². The minimum absolute atomic E-state index is 0.392. The van der Waals surface area contributed by atoms with E-state index in [-0.39, 0.29) is 0 Å². The maximum absolute atomic E-state index is 12.2. The highest BCUT2D eigenvalue weighted by atomic mass is 35.5. The van der Waals surface area contributed by atoms with E-state index in [2.05, 4.69) is 20.8 Å². The third kappa shape index (κ3) is 5.08. The number of carbonyl (C=O) groups excluding carboxylic acids is 1. The summed E-state index contributed by atoms with van der Waals surface area (Å²) in [4.78, 5) is 14.2. The molecule has 0 spiro atoms. The molecule has 2 amide bonds. The molecule has 140 valence electrons. The van der Waals surface area contributed by atoms with Crippen molar-refractivity contribution in [1.82, 2.24) is 10.2 Å². The number of amides is 2. The van der Waals surface area contributed by atoms with Gasteiger partial charge in [0.1, 0.15) is 5.75 Å². The van der Waals surface area contributed by atoms with E-state index in [1.165, 1.54) is 18.4 Å². The SMILES string of the molecule is COc1ccc(Cl)cc1NC(=O)Nc1nnc(N(C)Cc2ccccc2)s1. The predicted molar refractivity (Wildman–Crippen MR) is 109 cm³/mol. The molecule has 0 atom stereocenters. The number of rotatable bonds is 6. The summed E-state index contributed by atoms with van der Waals surface area (Å²) in [6.45, 7) is 0.696. The van der Waals surface area contributed by atoms with Gasteiger partial charge in [0.2, 0.25) is 10.3 Å². The van der Waals surface area contributed by atoms with Crippen LogP contribution in [0.3, 0.4) is 0 Å². The van der Waals surface area contributed by atoms with Gasteiger partial charge in [-0.15, -0.1) is 10.2 Å². The number of nitrogens with zero attached hydrogens (tertiary/aromatic N) is 3. The molecule has 0 unspecified atom stereocenters. The summed E-state index contributed by atoms with van der Waals surface area (Å²) in [5, 5.41) is 15.1. The van der Waals surface area contributed by atoms with Crippen LogP contribution in [-0.2, 0) is 6.54 Å². The van der Waals surface area contributed by atoms with Crippen molar-refractivity contribution in [3.05, 3.63) is 59.1 Å². The average molecular weight is 404 g/mol. The Morgan fingerprint density at radius 2 is 1.96 bits per heavy atom. The number of benzene rings is 2. The van der Waals surface area contributed by atoms with Crippen LogP contribution < -0.4 is 20.3 Å². The maximum Gasteiger partial charge on any atom is 0.325 e. The van der Waals surface area contributed by atoms with Crippen molar-refractivity contribution in [2.45, 2.75) is 6.54 Å². The lowest BCUT2D eigenvalue weighted by Crippen LogP contribution is -2.19. The molecule has 0 saturated heterocycles. The zero-order valence-electron chi connectivity index (χ0n) is 14.8. The van der Waals surface area contributed by atoms with Crippen LogP contribution in [-0.4, -0.2) is 30.4 Å². The molecule has 1 aromatic heterocycles. The Labute approximate surface area is 165 Å². The van der Waals surface area contributed by atoms with Gasteiger partial charge in [0.05, 0.1) is 12.8 Å². The maximum atomic E-state index is 12.2. The van der Waals surface area contributed by atoms with Crippen molar-refractivity contribution in [1.29, 1.82) is 0 Å². The van der Waals surface area contributed by atoms with Gasteiger partial charge in [-0.05, 0) is 23.8 Å². The number of anilines is 3. The van der Waals surface area contributed by atoms with Crippen LogP contribution in [0.1, 0.15) is 5.56 Å². The van der Waals surface area contributed by atoms with Gasteiger partial charge in [-0.1, -0.05) is 53.3 Å². The van der Waals surface area contributed by atoms with Crippen LogP contribution in [0, 0.1) is 0 Å². The molecule has 0 fully saturated rings. The zero-order valence-corrected chi connectivity index (χ0v) is 16.3. The van der Waals surface area contributed by atoms with Crippen molar-refractivity contribution >= 4 is 44.9 Å². The van der Waals surface area contributed by atoms with Crippen LogP contribution in [0.5, 0.6) is 5.75 Å². The summed E-state index contributed by atoms with van der Waals surface area (Å²) in [6, 6.07) is 14.6. The average Bonchev–Trinajstić information content (AvgIpc) is 3.11. The largest absolute Gasteiger partial charge is 0.495 e. The van der Waals surface area contributed by atoms with E-state index in [9.17, 15) is 4.79 Å². The van der Waals surface area contributed by atoms with Gasteiger partial charge >= 0.3 is 6.03 Å². The van der Waals surface area contributed by atoms with Crippen molar-refractivity contribution in [2.24, 2.45) is 0 Å². The number of nitrogens with one attached hydrogen (secondary N) is 2. The van der Waals surface area contributed by atoms with Gasteiger partial charge in [-0.25, -0.2) is 4.79 Å². The minimum Gasteiger partial charge on any atom is -0.495 e. The number of carbonyl (C=O) groups is 1. The standard InChI is InChI=1S/C18H18ClN5O2S/c1-24(11-12-6-4-3-5-7-12)18-23-22-17(27-18)21-16(25)20-14-10-13(19)8-9-15(14)26-2/h3-10H,11H2,1-2H3,(H2,20,21,22,25). The highest BCUT2D eigenvalue weighted by Gasteiger charge is 2.13. The first-order valence-corrected chi connectivity index (χ1v) is 9.24. The second kappa shape index (κ2) is 8.70. The molecule has 7 nitrogen and oxygen atoms in total. The molecule has 2 N–H and O–H groups in total. The number of halogens is 1. The van der Waals surface area contributed by atoms with Crippen molar-refractivity contribution < 1.29 is 9.53 Å². The highest BCUT2D eigenvalue weighted by molar-refractivity contribution is 7.19. The number of hydrogen-bond acceptors (Lipinski definition) is 6. The fourth-order valence-corrected chi connectivity index (χ4v) is 3.25. The number of aromatic nitrogens is 2. The van der Waals surface area contributed by atoms with Gasteiger partial charge in [-0.2, -0.15) is 0 Å². The molecule has 3 aromatic rings. The molecule has 2 aromatic carbocycles. The first-order chi connectivity index (χ1) is 13.0. The summed E-state index contributed by atoms with van der Waals surface area (Å²) in [7, 11) is 3.44. The van der Waals surface area contributed by atoms with E-state index >= 15 is 0 Å². The van der Waals surface area contributed by atoms with Crippen LogP contribution in [0.4, 0.5) is 20.7 Å². The summed E-state index contributed by atoms with van der Waals surface area (Å²) in [5.41, 5.74) is 1.63. The Morgan fingerprint density at radius 3 is 2.70 bits per heavy atom. The Morgan fingerprint density at radius 1 is 1.19 bits per heavy atom. The Balaban J connectivity index is 1.62. The lowest BCUT2D eigenvalue weighted by Gasteiger charge is -2.14. The lowest BCUT2D eigenvalue weighted by atomic mass is 10.2. The monoisotopic (exact) mass is 403 g/mol. The summed E-state index contributed by atoms with van der Waals surface area (Å²) in [5.74, 6) is 0.509. The Hall–Kier alpha value is -2.84. The smallest absolute Gasteiger partial charge is 0.325 e. The summed E-state index contributed by atoms with van der Waals surface area (Å²) >= 11 is 7.26. The number of hydrogen-bond donors (Lipinski definition) is 2. The molecule has 27 heavy (non-hydrogen) atoms. The Kier molecular flexibility index (Phi) is 6.10. The fourth-order valence-electron chi connectivity index (χ4n) is 2.37. The molecule has 3 rings (SSSR count). The van der Waals surface area contributed by atoms with Gasteiger partial charge in [0.15, 0.2) is 0 Å². The number of ether oxygens (including phenoxy) is 1. The van der Waals surface area contributed by atoms with E-state index in [4.69, 9.17) is 16.3 Å². The first kappa shape index (κ1) is 18.9. The van der Waals surface area contributed by atoms with Crippen LogP contribution >= 0.6 is 22.9 Å².